The third-order valence-electron chi connectivity index (χ3n) is 5.14. The third kappa shape index (κ3) is 5.16. The summed E-state index contributed by atoms with van der Waals surface area (Å²) in [7, 11) is -3.57. The van der Waals surface area contributed by atoms with Crippen LogP contribution >= 0.6 is 0 Å². The fourth-order valence-corrected chi connectivity index (χ4v) is 5.16. The summed E-state index contributed by atoms with van der Waals surface area (Å²) in [6.45, 7) is 7.28. The maximum absolute atomic E-state index is 12.8. The average molecular weight is 417 g/mol. The number of aryl methyl sites for hydroxylation is 2. The van der Waals surface area contributed by atoms with Crippen molar-refractivity contribution in [1.82, 2.24) is 9.62 Å². The Labute approximate surface area is 172 Å². The smallest absolute Gasteiger partial charge is 0.253 e. The van der Waals surface area contributed by atoms with Gasteiger partial charge in [-0.25, -0.2) is 13.1 Å². The first kappa shape index (κ1) is 21.3. The van der Waals surface area contributed by atoms with Crippen LogP contribution in [-0.2, 0) is 10.0 Å². The van der Waals surface area contributed by atoms with Gasteiger partial charge in [-0.3, -0.25) is 4.79 Å². The number of sulfonamides is 1. The highest BCUT2D eigenvalue weighted by molar-refractivity contribution is 7.89. The van der Waals surface area contributed by atoms with Gasteiger partial charge in [0.15, 0.2) is 0 Å². The number of piperidine rings is 1. The molecule has 1 saturated heterocycles. The molecule has 0 spiro atoms. The molecular weight excluding hydrogens is 388 g/mol. The summed E-state index contributed by atoms with van der Waals surface area (Å²) in [4.78, 5) is 14.8. The summed E-state index contributed by atoms with van der Waals surface area (Å²) in [5.41, 5.74) is 2.38. The van der Waals surface area contributed by atoms with Gasteiger partial charge in [0.2, 0.25) is 10.0 Å². The van der Waals surface area contributed by atoms with Gasteiger partial charge in [-0.15, -0.1) is 0 Å². The highest BCUT2D eigenvalue weighted by Gasteiger charge is 2.27. The van der Waals surface area contributed by atoms with Gasteiger partial charge in [-0.1, -0.05) is 17.7 Å². The van der Waals surface area contributed by atoms with Crippen LogP contribution in [0, 0.1) is 13.8 Å². The van der Waals surface area contributed by atoms with E-state index in [1.807, 2.05) is 19.9 Å². The van der Waals surface area contributed by atoms with Gasteiger partial charge < -0.3 is 9.64 Å². The molecule has 0 aliphatic carbocycles. The molecule has 2 aromatic carbocycles. The number of carbonyl (C=O) groups excluding carboxylic acids is 1. The van der Waals surface area contributed by atoms with Gasteiger partial charge in [-0.05, 0) is 69.5 Å². The Hall–Kier alpha value is -2.38. The van der Waals surface area contributed by atoms with E-state index < -0.39 is 10.0 Å². The van der Waals surface area contributed by atoms with E-state index in [4.69, 9.17) is 4.74 Å². The number of rotatable bonds is 6. The minimum atomic E-state index is -3.57. The number of carbonyl (C=O) groups is 1. The van der Waals surface area contributed by atoms with Crippen LogP contribution in [0.1, 0.15) is 41.3 Å². The first-order valence-corrected chi connectivity index (χ1v) is 11.4. The van der Waals surface area contributed by atoms with E-state index in [0.717, 1.165) is 16.9 Å². The van der Waals surface area contributed by atoms with Crippen molar-refractivity contribution in [2.24, 2.45) is 0 Å². The SMILES string of the molecule is CCOc1ccc(C(=O)N2CCC(NS(=O)(=O)c3ccc(C)cc3C)CC2)cc1. The standard InChI is InChI=1S/C22H28N2O4S/c1-4-28-20-8-6-18(7-9-20)22(25)24-13-11-19(12-14-24)23-29(26,27)21-10-5-16(2)15-17(21)3/h5-10,15,19,23H,4,11-14H2,1-3H3. The van der Waals surface area contributed by atoms with Crippen molar-refractivity contribution >= 4 is 15.9 Å². The molecule has 0 bridgehead atoms. The number of nitrogens with one attached hydrogen (secondary N) is 1. The maximum Gasteiger partial charge on any atom is 0.253 e. The number of likely N-dealkylation sites (tertiary alicyclic amines) is 1. The summed E-state index contributed by atoms with van der Waals surface area (Å²) < 4.78 is 33.7. The lowest BCUT2D eigenvalue weighted by Crippen LogP contribution is -2.46. The second kappa shape index (κ2) is 8.97. The van der Waals surface area contributed by atoms with Gasteiger partial charge in [0, 0.05) is 24.7 Å². The van der Waals surface area contributed by atoms with Crippen molar-refractivity contribution in [3.05, 3.63) is 59.2 Å². The molecule has 1 heterocycles. The van der Waals surface area contributed by atoms with Gasteiger partial charge in [0.25, 0.3) is 5.91 Å². The average Bonchev–Trinajstić information content (AvgIpc) is 2.68. The Kier molecular flexibility index (Phi) is 6.59. The Morgan fingerprint density at radius 1 is 1.10 bits per heavy atom. The minimum Gasteiger partial charge on any atom is -0.494 e. The van der Waals surface area contributed by atoms with E-state index >= 15 is 0 Å². The first-order chi connectivity index (χ1) is 13.8. The largest absolute Gasteiger partial charge is 0.494 e. The molecule has 6 nitrogen and oxygen atoms in total. The van der Waals surface area contributed by atoms with E-state index in [-0.39, 0.29) is 11.9 Å². The van der Waals surface area contributed by atoms with Crippen molar-refractivity contribution in [2.45, 2.75) is 44.6 Å². The zero-order valence-corrected chi connectivity index (χ0v) is 18.0. The van der Waals surface area contributed by atoms with Crippen molar-refractivity contribution < 1.29 is 17.9 Å². The molecule has 1 amide bonds. The number of nitrogens with zero attached hydrogens (tertiary/aromatic N) is 1. The van der Waals surface area contributed by atoms with Gasteiger partial charge in [0.05, 0.1) is 11.5 Å². The van der Waals surface area contributed by atoms with Crippen LogP contribution in [0.15, 0.2) is 47.4 Å². The van der Waals surface area contributed by atoms with E-state index in [0.29, 0.717) is 43.0 Å². The quantitative estimate of drug-likeness (QED) is 0.784. The Morgan fingerprint density at radius 2 is 1.76 bits per heavy atom. The fraction of sp³-hybridized carbons (Fsp3) is 0.409. The Balaban J connectivity index is 1.59. The molecule has 3 rings (SSSR count). The van der Waals surface area contributed by atoms with Gasteiger partial charge in [0.1, 0.15) is 5.75 Å². The summed E-state index contributed by atoms with van der Waals surface area (Å²) in [6, 6.07) is 12.3. The second-order valence-electron chi connectivity index (χ2n) is 7.41. The molecule has 0 atom stereocenters. The van der Waals surface area contributed by atoms with Gasteiger partial charge >= 0.3 is 0 Å². The lowest BCUT2D eigenvalue weighted by atomic mass is 10.0. The van der Waals surface area contributed by atoms with Crippen LogP contribution in [0.5, 0.6) is 5.75 Å². The number of ether oxygens (including phenoxy) is 1. The Bertz CT molecular complexity index is 963. The zero-order valence-electron chi connectivity index (χ0n) is 17.1. The highest BCUT2D eigenvalue weighted by atomic mass is 32.2. The third-order valence-corrected chi connectivity index (χ3v) is 6.82. The normalized spacial score (nSPS) is 15.3. The Morgan fingerprint density at radius 3 is 2.34 bits per heavy atom. The summed E-state index contributed by atoms with van der Waals surface area (Å²) in [5.74, 6) is 0.701. The second-order valence-corrected chi connectivity index (χ2v) is 9.10. The first-order valence-electron chi connectivity index (χ1n) is 9.92. The van der Waals surface area contributed by atoms with Gasteiger partial charge in [-0.2, -0.15) is 0 Å². The zero-order chi connectivity index (χ0) is 21.0. The minimum absolute atomic E-state index is 0.0382. The molecule has 29 heavy (non-hydrogen) atoms. The molecule has 1 N–H and O–H groups in total. The van der Waals surface area contributed by atoms with Crippen LogP contribution in [0.3, 0.4) is 0 Å². The van der Waals surface area contributed by atoms with Crippen LogP contribution in [-0.4, -0.2) is 45.0 Å². The van der Waals surface area contributed by atoms with Crippen LogP contribution in [0.2, 0.25) is 0 Å². The van der Waals surface area contributed by atoms with E-state index in [1.165, 1.54) is 0 Å². The molecule has 1 aliphatic heterocycles. The monoisotopic (exact) mass is 416 g/mol. The predicted octanol–water partition coefficient (Wildman–Crippen LogP) is 3.29. The molecule has 0 aromatic heterocycles. The van der Waals surface area contributed by atoms with E-state index in [1.54, 1.807) is 48.2 Å². The van der Waals surface area contributed by atoms with Crippen molar-refractivity contribution in [3.63, 3.8) is 0 Å². The lowest BCUT2D eigenvalue weighted by molar-refractivity contribution is 0.0711. The molecule has 7 heteroatoms. The van der Waals surface area contributed by atoms with Crippen molar-refractivity contribution in [3.8, 4) is 5.75 Å². The van der Waals surface area contributed by atoms with Crippen molar-refractivity contribution in [1.29, 1.82) is 0 Å². The molecular formula is C22H28N2O4S. The summed E-state index contributed by atoms with van der Waals surface area (Å²) in [6.07, 6.45) is 1.18. The molecule has 156 valence electrons. The topological polar surface area (TPSA) is 75.7 Å². The summed E-state index contributed by atoms with van der Waals surface area (Å²) in [5, 5.41) is 0. The van der Waals surface area contributed by atoms with Crippen LogP contribution in [0.25, 0.3) is 0 Å². The number of amides is 1. The molecule has 1 aliphatic rings. The van der Waals surface area contributed by atoms with E-state index in [2.05, 4.69) is 4.72 Å². The van der Waals surface area contributed by atoms with Crippen molar-refractivity contribution in [2.75, 3.05) is 19.7 Å². The molecule has 1 fully saturated rings. The van der Waals surface area contributed by atoms with Crippen LogP contribution < -0.4 is 9.46 Å². The van der Waals surface area contributed by atoms with Crippen LogP contribution in [0.4, 0.5) is 0 Å². The number of hydrogen-bond acceptors (Lipinski definition) is 4. The predicted molar refractivity (Wildman–Crippen MR) is 113 cm³/mol. The molecule has 2 aromatic rings. The summed E-state index contributed by atoms with van der Waals surface area (Å²) >= 11 is 0. The van der Waals surface area contributed by atoms with E-state index in [9.17, 15) is 13.2 Å². The number of benzene rings is 2. The molecule has 0 unspecified atom stereocenters. The fourth-order valence-electron chi connectivity index (χ4n) is 3.63. The lowest BCUT2D eigenvalue weighted by Gasteiger charge is -2.32. The maximum atomic E-state index is 12.8. The molecule has 0 saturated carbocycles. The number of hydrogen-bond donors (Lipinski definition) is 1. The highest BCUT2D eigenvalue weighted by Crippen LogP contribution is 2.20. The molecule has 0 radical (unpaired) electrons.